The molecule has 0 bridgehead atoms. The molecule has 1 fully saturated rings. The first kappa shape index (κ1) is 42.6. The Balaban J connectivity index is 1.13. The third-order valence-electron chi connectivity index (χ3n) is 17.8. The second kappa shape index (κ2) is 13.8. The van der Waals surface area contributed by atoms with Crippen molar-refractivity contribution in [3.63, 3.8) is 0 Å². The molecule has 4 aliphatic rings. The lowest BCUT2D eigenvalue weighted by atomic mass is 9.33. The Morgan fingerprint density at radius 2 is 1.24 bits per heavy atom. The molecule has 6 heteroatoms. The van der Waals surface area contributed by atoms with Gasteiger partial charge in [0, 0.05) is 60.1 Å². The molecule has 10 aromatic rings. The van der Waals surface area contributed by atoms with Crippen molar-refractivity contribution >= 4 is 116 Å². The van der Waals surface area contributed by atoms with Gasteiger partial charge in [0.05, 0.1) is 27.0 Å². The summed E-state index contributed by atoms with van der Waals surface area (Å²) in [6.07, 6.45) is 4.82. The highest BCUT2D eigenvalue weighted by Crippen LogP contribution is 2.62. The van der Waals surface area contributed by atoms with Crippen molar-refractivity contribution in [3.05, 3.63) is 150 Å². The zero-order valence-corrected chi connectivity index (χ0v) is 43.5. The molecule has 14 rings (SSSR count). The number of furan rings is 1. The number of aromatic nitrogens is 1. The van der Waals surface area contributed by atoms with Crippen LogP contribution in [0.3, 0.4) is 0 Å². The predicted molar refractivity (Wildman–Crippen MR) is 302 cm³/mol. The molecule has 2 atom stereocenters. The molecule has 3 aromatic heterocycles. The summed E-state index contributed by atoms with van der Waals surface area (Å²) in [6.45, 7) is 26.5. The number of hydrogen-bond acceptors (Lipinski definition) is 4. The van der Waals surface area contributed by atoms with Crippen LogP contribution >= 0.6 is 11.3 Å². The molecule has 0 spiro atoms. The Bertz CT molecular complexity index is 3920. The molecule has 348 valence electrons. The maximum atomic E-state index is 7.06. The van der Waals surface area contributed by atoms with Gasteiger partial charge in [-0.1, -0.05) is 155 Å². The number of hydrogen-bond donors (Lipinski definition) is 0. The van der Waals surface area contributed by atoms with E-state index in [9.17, 15) is 0 Å². The molecule has 0 amide bonds. The summed E-state index contributed by atoms with van der Waals surface area (Å²) in [4.78, 5) is 5.41. The van der Waals surface area contributed by atoms with Gasteiger partial charge in [0.25, 0.3) is 6.71 Å². The SMILES string of the molecule is CC(C)(C)c1cc2c3c(c1)-n1c4c(cc(C(C)(C)C)cc4c4sc5ccccc5c41)B3c1ccc(N3c4ccc(C(C)(C)C)cc4C4(C)CCCCC34C)cc1N2c1cccc2c1oc1ccccc12. The molecule has 1 saturated carbocycles. The number of thiophene rings is 1. The quantitative estimate of drug-likeness (QED) is 0.161. The smallest absolute Gasteiger partial charge is 0.252 e. The fraction of sp³-hybridized carbons (Fsp3) is 0.312. The van der Waals surface area contributed by atoms with Crippen molar-refractivity contribution in [2.24, 2.45) is 0 Å². The fourth-order valence-corrected chi connectivity index (χ4v) is 14.9. The molecule has 0 N–H and O–H groups in total. The number of para-hydroxylation sites is 2. The molecule has 4 nitrogen and oxygen atoms in total. The summed E-state index contributed by atoms with van der Waals surface area (Å²) in [7, 11) is 0. The van der Waals surface area contributed by atoms with Gasteiger partial charge in [-0.15, -0.1) is 11.3 Å². The molecular weight excluding hydrogens is 870 g/mol. The Morgan fingerprint density at radius 3 is 2.03 bits per heavy atom. The normalized spacial score (nSPS) is 19.7. The second-order valence-corrected chi connectivity index (χ2v) is 25.9. The van der Waals surface area contributed by atoms with E-state index in [0.717, 1.165) is 34.0 Å². The van der Waals surface area contributed by atoms with Crippen LogP contribution in [-0.2, 0) is 21.7 Å². The highest BCUT2D eigenvalue weighted by molar-refractivity contribution is 7.26. The average Bonchev–Trinajstić information content (AvgIpc) is 4.04. The van der Waals surface area contributed by atoms with Gasteiger partial charge in [-0.05, 0) is 129 Å². The minimum absolute atomic E-state index is 0.00231. The predicted octanol–water partition coefficient (Wildman–Crippen LogP) is 16.1. The Hall–Kier alpha value is -6.24. The number of benzene rings is 7. The van der Waals surface area contributed by atoms with Crippen molar-refractivity contribution in [3.8, 4) is 5.69 Å². The van der Waals surface area contributed by atoms with Crippen LogP contribution in [0.5, 0.6) is 0 Å². The molecular formula is C64H62BN3OS. The van der Waals surface area contributed by atoms with Crippen LogP contribution in [0.4, 0.5) is 28.4 Å². The third kappa shape index (κ3) is 5.49. The van der Waals surface area contributed by atoms with E-state index in [1.165, 1.54) is 118 Å². The lowest BCUT2D eigenvalue weighted by molar-refractivity contribution is 0.195. The lowest BCUT2D eigenvalue weighted by Crippen LogP contribution is -2.61. The molecule has 6 heterocycles. The van der Waals surface area contributed by atoms with Gasteiger partial charge in [0.15, 0.2) is 5.58 Å². The summed E-state index contributed by atoms with van der Waals surface area (Å²) in [6, 6.07) is 49.7. The van der Waals surface area contributed by atoms with Crippen molar-refractivity contribution in [2.75, 3.05) is 9.80 Å². The number of rotatable bonds is 2. The summed E-state index contributed by atoms with van der Waals surface area (Å²) in [5.74, 6) is 0. The Morgan fingerprint density at radius 1 is 0.543 bits per heavy atom. The Labute approximate surface area is 417 Å². The summed E-state index contributed by atoms with van der Waals surface area (Å²) in [5.41, 5.74) is 21.4. The second-order valence-electron chi connectivity index (χ2n) is 24.9. The van der Waals surface area contributed by atoms with Crippen LogP contribution in [0, 0.1) is 0 Å². The Kier molecular flexibility index (Phi) is 8.40. The van der Waals surface area contributed by atoms with E-state index in [0.29, 0.717) is 0 Å². The van der Waals surface area contributed by atoms with Crippen LogP contribution in [-0.4, -0.2) is 16.8 Å². The van der Waals surface area contributed by atoms with E-state index in [1.807, 2.05) is 11.3 Å². The average molecular weight is 932 g/mol. The highest BCUT2D eigenvalue weighted by atomic mass is 32.1. The zero-order chi connectivity index (χ0) is 48.2. The van der Waals surface area contributed by atoms with E-state index in [2.05, 4.69) is 218 Å². The minimum atomic E-state index is -0.135. The zero-order valence-electron chi connectivity index (χ0n) is 42.7. The molecule has 70 heavy (non-hydrogen) atoms. The van der Waals surface area contributed by atoms with Gasteiger partial charge in [-0.3, -0.25) is 0 Å². The van der Waals surface area contributed by atoms with Crippen molar-refractivity contribution < 1.29 is 4.42 Å². The number of anilines is 5. The van der Waals surface area contributed by atoms with E-state index in [-0.39, 0.29) is 33.9 Å². The fourth-order valence-electron chi connectivity index (χ4n) is 13.7. The maximum Gasteiger partial charge on any atom is 0.252 e. The lowest BCUT2D eigenvalue weighted by Gasteiger charge is -2.50. The molecule has 7 aromatic carbocycles. The van der Waals surface area contributed by atoms with E-state index >= 15 is 0 Å². The molecule has 3 aliphatic heterocycles. The van der Waals surface area contributed by atoms with Gasteiger partial charge in [-0.2, -0.15) is 0 Å². The number of nitrogens with zero attached hydrogens (tertiary/aromatic N) is 3. The molecule has 0 radical (unpaired) electrons. The van der Waals surface area contributed by atoms with E-state index in [1.54, 1.807) is 0 Å². The van der Waals surface area contributed by atoms with Gasteiger partial charge in [-0.25, -0.2) is 0 Å². The monoisotopic (exact) mass is 931 g/mol. The van der Waals surface area contributed by atoms with Crippen LogP contribution in [0.2, 0.25) is 0 Å². The van der Waals surface area contributed by atoms with Gasteiger partial charge >= 0.3 is 0 Å². The third-order valence-corrected chi connectivity index (χ3v) is 19.0. The summed E-state index contributed by atoms with van der Waals surface area (Å²) >= 11 is 1.95. The van der Waals surface area contributed by atoms with Crippen molar-refractivity contribution in [1.82, 2.24) is 4.57 Å². The van der Waals surface area contributed by atoms with Crippen molar-refractivity contribution in [1.29, 1.82) is 0 Å². The number of fused-ring (bicyclic) bond motifs is 15. The van der Waals surface area contributed by atoms with E-state index < -0.39 is 0 Å². The summed E-state index contributed by atoms with van der Waals surface area (Å²) in [5, 5.41) is 4.98. The standard InChI is InChI=1S/C64H62BN3OS/c1-60(2,3)37-25-28-48-45(32-37)63(10)29-16-17-30-64(63,11)68(48)40-26-27-46-50(36-40)66(49-22-18-21-42-41-19-12-14-23-53(41)69-58(42)49)51-34-39(62(7,8)9)35-52-55(51)65(46)47-33-38(61(4,5)6)31-44-56(47)67(52)57-43-20-13-15-24-54(43)70-59(44)57/h12-15,18-28,31-36H,16-17,29-30H2,1-11H3. The minimum Gasteiger partial charge on any atom is -0.454 e. The van der Waals surface area contributed by atoms with Crippen molar-refractivity contribution in [2.45, 2.75) is 129 Å². The van der Waals surface area contributed by atoms with Gasteiger partial charge in [0.2, 0.25) is 0 Å². The van der Waals surface area contributed by atoms with Gasteiger partial charge < -0.3 is 18.8 Å². The van der Waals surface area contributed by atoms with E-state index in [4.69, 9.17) is 4.42 Å². The first-order chi connectivity index (χ1) is 33.3. The van der Waals surface area contributed by atoms with Crippen LogP contribution in [0.1, 0.15) is 124 Å². The highest BCUT2D eigenvalue weighted by Gasteiger charge is 2.58. The van der Waals surface area contributed by atoms with Crippen LogP contribution < -0.4 is 26.2 Å². The van der Waals surface area contributed by atoms with Gasteiger partial charge in [0.1, 0.15) is 5.58 Å². The van der Waals surface area contributed by atoms with Crippen LogP contribution in [0.25, 0.3) is 58.8 Å². The maximum absolute atomic E-state index is 7.06. The molecule has 1 aliphatic carbocycles. The largest absolute Gasteiger partial charge is 0.454 e. The summed E-state index contributed by atoms with van der Waals surface area (Å²) < 4.78 is 12.5. The first-order valence-electron chi connectivity index (χ1n) is 25.8. The topological polar surface area (TPSA) is 24.6 Å². The molecule has 0 saturated heterocycles. The van der Waals surface area contributed by atoms with Crippen LogP contribution in [0.15, 0.2) is 132 Å². The molecule has 2 unspecified atom stereocenters. The first-order valence-corrected chi connectivity index (χ1v) is 26.7.